The lowest BCUT2D eigenvalue weighted by Crippen LogP contribution is -2.57. The van der Waals surface area contributed by atoms with Crippen LogP contribution in [0, 0.1) is 11.8 Å². The van der Waals surface area contributed by atoms with Gasteiger partial charge in [0.1, 0.15) is 6.04 Å². The molecule has 34 heavy (non-hydrogen) atoms. The number of fused-ring (bicyclic) bond motifs is 1. The molecule has 1 saturated carbocycles. The summed E-state index contributed by atoms with van der Waals surface area (Å²) in [5.41, 5.74) is 1.38. The van der Waals surface area contributed by atoms with Gasteiger partial charge in [0.2, 0.25) is 11.8 Å². The fraction of sp³-hybridized carbons (Fsp3) is 0.714. The third kappa shape index (κ3) is 6.19. The molecule has 2 amide bonds. The molecule has 3 fully saturated rings. The molecule has 3 aliphatic rings. The van der Waals surface area contributed by atoms with E-state index in [9.17, 15) is 9.59 Å². The molecule has 6 nitrogen and oxygen atoms in total. The van der Waals surface area contributed by atoms with E-state index >= 15 is 0 Å². The number of hydrogen-bond donors (Lipinski definition) is 2. The van der Waals surface area contributed by atoms with Crippen LogP contribution in [-0.2, 0) is 16.0 Å². The zero-order valence-electron chi connectivity index (χ0n) is 21.2. The first-order valence-corrected chi connectivity index (χ1v) is 13.6. The second-order valence-electron chi connectivity index (χ2n) is 10.7. The van der Waals surface area contributed by atoms with Gasteiger partial charge in [-0.15, -0.1) is 0 Å². The van der Waals surface area contributed by atoms with Crippen LogP contribution in [0.5, 0.6) is 0 Å². The van der Waals surface area contributed by atoms with E-state index in [1.54, 1.807) is 7.05 Å². The topological polar surface area (TPSA) is 64.7 Å². The van der Waals surface area contributed by atoms with Gasteiger partial charge in [-0.05, 0) is 76.4 Å². The van der Waals surface area contributed by atoms with Crippen LogP contribution in [0.25, 0.3) is 0 Å². The summed E-state index contributed by atoms with van der Waals surface area (Å²) in [6, 6.07) is 10.3. The van der Waals surface area contributed by atoms with E-state index in [0.717, 1.165) is 64.7 Å². The van der Waals surface area contributed by atoms with E-state index < -0.39 is 0 Å². The molecule has 2 N–H and O–H groups in total. The maximum absolute atomic E-state index is 14.0. The van der Waals surface area contributed by atoms with Crippen LogP contribution >= 0.6 is 0 Å². The minimum absolute atomic E-state index is 0.0625. The first-order valence-electron chi connectivity index (χ1n) is 13.6. The average molecular weight is 469 g/mol. The maximum Gasteiger partial charge on any atom is 0.245 e. The van der Waals surface area contributed by atoms with E-state index in [2.05, 4.69) is 50.8 Å². The number of hydrogen-bond acceptors (Lipinski definition) is 4. The predicted molar refractivity (Wildman–Crippen MR) is 136 cm³/mol. The Morgan fingerprint density at radius 2 is 1.76 bits per heavy atom. The number of nitrogens with zero attached hydrogens (tertiary/aromatic N) is 2. The van der Waals surface area contributed by atoms with Gasteiger partial charge in [0.25, 0.3) is 0 Å². The van der Waals surface area contributed by atoms with Crippen LogP contribution in [0.4, 0.5) is 0 Å². The largest absolute Gasteiger partial charge is 0.343 e. The van der Waals surface area contributed by atoms with Crippen LogP contribution in [0.3, 0.4) is 0 Å². The van der Waals surface area contributed by atoms with Crippen LogP contribution in [0.15, 0.2) is 30.3 Å². The Kier molecular flexibility index (Phi) is 9.01. The van der Waals surface area contributed by atoms with E-state index in [1.165, 1.54) is 24.8 Å². The normalized spacial score (nSPS) is 25.9. The zero-order chi connectivity index (χ0) is 23.9. The van der Waals surface area contributed by atoms with E-state index in [1.807, 2.05) is 6.92 Å². The highest BCUT2D eigenvalue weighted by atomic mass is 16.2. The molecule has 0 radical (unpaired) electrons. The Labute approximate surface area is 205 Å². The number of likely N-dealkylation sites (N-methyl/N-ethyl adjacent to an activating group) is 1. The molecule has 6 heteroatoms. The molecular formula is C28H44N4O2. The Hall–Kier alpha value is -1.92. The predicted octanol–water partition coefficient (Wildman–Crippen LogP) is 3.22. The molecule has 188 valence electrons. The van der Waals surface area contributed by atoms with Crippen molar-refractivity contribution in [3.63, 3.8) is 0 Å². The first kappa shape index (κ1) is 25.2. The number of amides is 2. The van der Waals surface area contributed by atoms with E-state index in [0.29, 0.717) is 5.92 Å². The van der Waals surface area contributed by atoms with Crippen molar-refractivity contribution in [2.75, 3.05) is 33.2 Å². The highest BCUT2D eigenvalue weighted by Gasteiger charge is 2.43. The quantitative estimate of drug-likeness (QED) is 0.615. The molecule has 0 spiro atoms. The van der Waals surface area contributed by atoms with Gasteiger partial charge < -0.3 is 20.4 Å². The lowest BCUT2D eigenvalue weighted by molar-refractivity contribution is -0.140. The molecule has 1 aromatic carbocycles. The summed E-state index contributed by atoms with van der Waals surface area (Å²) in [7, 11) is 1.79. The van der Waals surface area contributed by atoms with Crippen molar-refractivity contribution in [2.24, 2.45) is 11.8 Å². The Morgan fingerprint density at radius 1 is 1.00 bits per heavy atom. The van der Waals surface area contributed by atoms with Crippen LogP contribution in [-0.4, -0.2) is 73.0 Å². The summed E-state index contributed by atoms with van der Waals surface area (Å²) in [6.45, 7) is 5.81. The summed E-state index contributed by atoms with van der Waals surface area (Å²) < 4.78 is 0. The summed E-state index contributed by atoms with van der Waals surface area (Å²) >= 11 is 0. The molecule has 1 aromatic rings. The van der Waals surface area contributed by atoms with Crippen molar-refractivity contribution in [3.05, 3.63) is 35.9 Å². The lowest BCUT2D eigenvalue weighted by Gasteiger charge is -2.37. The summed E-state index contributed by atoms with van der Waals surface area (Å²) in [5.74, 6) is 0.950. The van der Waals surface area contributed by atoms with E-state index in [4.69, 9.17) is 0 Å². The van der Waals surface area contributed by atoms with Crippen LogP contribution < -0.4 is 10.6 Å². The fourth-order valence-electron chi connectivity index (χ4n) is 6.28. The minimum atomic E-state index is -0.386. The molecule has 0 aromatic heterocycles. The third-order valence-electron chi connectivity index (χ3n) is 8.53. The number of benzene rings is 1. The Balaban J connectivity index is 1.45. The van der Waals surface area contributed by atoms with Gasteiger partial charge in [-0.2, -0.15) is 0 Å². The van der Waals surface area contributed by atoms with Crippen molar-refractivity contribution in [2.45, 2.75) is 82.8 Å². The molecular weight excluding hydrogens is 424 g/mol. The van der Waals surface area contributed by atoms with Crippen LogP contribution in [0.2, 0.25) is 0 Å². The number of carbonyl (C=O) groups is 2. The summed E-state index contributed by atoms with van der Waals surface area (Å²) in [6.07, 6.45) is 10.2. The minimum Gasteiger partial charge on any atom is -0.343 e. The molecule has 2 heterocycles. The zero-order valence-corrected chi connectivity index (χ0v) is 21.2. The molecule has 4 atom stereocenters. The van der Waals surface area contributed by atoms with Crippen molar-refractivity contribution in [3.8, 4) is 0 Å². The molecule has 1 unspecified atom stereocenters. The van der Waals surface area contributed by atoms with Crippen molar-refractivity contribution in [1.82, 2.24) is 20.4 Å². The molecule has 0 bridgehead atoms. The summed E-state index contributed by atoms with van der Waals surface area (Å²) in [4.78, 5) is 31.6. The van der Waals surface area contributed by atoms with Gasteiger partial charge >= 0.3 is 0 Å². The molecule has 4 rings (SSSR count). The number of rotatable bonds is 8. The van der Waals surface area contributed by atoms with E-state index in [-0.39, 0.29) is 35.9 Å². The lowest BCUT2D eigenvalue weighted by atomic mass is 9.83. The maximum atomic E-state index is 14.0. The molecule has 2 saturated heterocycles. The number of nitrogens with one attached hydrogen (secondary N) is 2. The monoisotopic (exact) mass is 468 g/mol. The van der Waals surface area contributed by atoms with Gasteiger partial charge in [-0.1, -0.05) is 49.6 Å². The average Bonchev–Trinajstić information content (AvgIpc) is 3.16. The Bertz CT molecular complexity index is 795. The number of carbonyl (C=O) groups excluding carboxylic acids is 2. The second-order valence-corrected chi connectivity index (χ2v) is 10.7. The number of likely N-dealkylation sites (tertiary alicyclic amines) is 2. The standard InChI is InChI=1S/C28H44N4O2/c1-21(29-2)27(33)30-26(24-12-7-4-8-13-24)28(34)32-19-16-23-14-9-17-31(20-25(23)32)18-15-22-10-5-3-6-11-22/h3,5-6,10-11,21,23-26,29H,4,7-9,12-20H2,1-2H3,(H,30,33)/t21-,23+,25?,26-/m0/s1. The fourth-order valence-corrected chi connectivity index (χ4v) is 6.28. The first-order chi connectivity index (χ1) is 16.6. The smallest absolute Gasteiger partial charge is 0.245 e. The van der Waals surface area contributed by atoms with Gasteiger partial charge in [0.05, 0.1) is 6.04 Å². The van der Waals surface area contributed by atoms with Crippen molar-refractivity contribution in [1.29, 1.82) is 0 Å². The molecule has 2 aliphatic heterocycles. The van der Waals surface area contributed by atoms with Gasteiger partial charge in [0.15, 0.2) is 0 Å². The highest BCUT2D eigenvalue weighted by molar-refractivity contribution is 5.90. The van der Waals surface area contributed by atoms with Crippen molar-refractivity contribution < 1.29 is 9.59 Å². The van der Waals surface area contributed by atoms with Gasteiger partial charge in [-0.3, -0.25) is 9.59 Å². The SMILES string of the molecule is CN[C@@H](C)C(=O)N[C@H](C(=O)N1CC[C@H]2CCCN(CCc3ccccc3)CC21)C1CCCCC1. The third-order valence-corrected chi connectivity index (χ3v) is 8.53. The summed E-state index contributed by atoms with van der Waals surface area (Å²) in [5, 5.41) is 6.20. The van der Waals surface area contributed by atoms with Crippen LogP contribution in [0.1, 0.15) is 63.9 Å². The Morgan fingerprint density at radius 3 is 2.50 bits per heavy atom. The van der Waals surface area contributed by atoms with Crippen molar-refractivity contribution >= 4 is 11.8 Å². The highest BCUT2D eigenvalue weighted by Crippen LogP contribution is 2.34. The van der Waals surface area contributed by atoms with Gasteiger partial charge in [-0.25, -0.2) is 0 Å². The second kappa shape index (κ2) is 12.2. The molecule has 1 aliphatic carbocycles. The van der Waals surface area contributed by atoms with Gasteiger partial charge in [0, 0.05) is 25.7 Å².